The third-order valence-corrected chi connectivity index (χ3v) is 6.41. The molecule has 0 aliphatic carbocycles. The van der Waals surface area contributed by atoms with Crippen LogP contribution in [0.1, 0.15) is 30.6 Å². The van der Waals surface area contributed by atoms with Gasteiger partial charge in [0.1, 0.15) is 5.70 Å². The molecule has 7 heteroatoms. The molecule has 0 bridgehead atoms. The lowest BCUT2D eigenvalue weighted by Gasteiger charge is -2.28. The number of amides is 2. The highest BCUT2D eigenvalue weighted by Gasteiger charge is 2.39. The van der Waals surface area contributed by atoms with Crippen LogP contribution >= 0.6 is 11.3 Å². The van der Waals surface area contributed by atoms with Crippen LogP contribution in [0.4, 0.5) is 11.4 Å². The van der Waals surface area contributed by atoms with Crippen molar-refractivity contribution in [1.82, 2.24) is 4.90 Å². The average molecular weight is 426 g/mol. The first-order valence-electron chi connectivity index (χ1n) is 10.4. The number of thiophene rings is 1. The summed E-state index contributed by atoms with van der Waals surface area (Å²) in [4.78, 5) is 30.6. The van der Waals surface area contributed by atoms with E-state index in [1.807, 2.05) is 29.6 Å². The Hall–Kier alpha value is -2.64. The number of piperidine rings is 1. The van der Waals surface area contributed by atoms with Gasteiger partial charge in [0.15, 0.2) is 0 Å². The maximum Gasteiger partial charge on any atom is 0.278 e. The fourth-order valence-electron chi connectivity index (χ4n) is 3.96. The molecule has 1 saturated heterocycles. The second-order valence-corrected chi connectivity index (χ2v) is 8.50. The fourth-order valence-corrected chi connectivity index (χ4v) is 4.73. The van der Waals surface area contributed by atoms with Crippen LogP contribution in [-0.2, 0) is 14.3 Å². The zero-order valence-electron chi connectivity index (χ0n) is 17.2. The Balaban J connectivity index is 1.56. The topological polar surface area (TPSA) is 61.9 Å². The summed E-state index contributed by atoms with van der Waals surface area (Å²) in [6.45, 7) is 3.03. The number of methoxy groups -OCH3 is 1. The minimum Gasteiger partial charge on any atom is -0.385 e. The van der Waals surface area contributed by atoms with E-state index in [9.17, 15) is 9.59 Å². The van der Waals surface area contributed by atoms with Crippen LogP contribution in [-0.4, -0.2) is 50.1 Å². The first-order chi connectivity index (χ1) is 14.7. The molecular formula is C23H27N3O3S. The summed E-state index contributed by atoms with van der Waals surface area (Å²) in [5, 5.41) is 5.15. The summed E-state index contributed by atoms with van der Waals surface area (Å²) < 4.78 is 5.07. The number of nitrogens with one attached hydrogen (secondary N) is 1. The molecule has 6 nitrogen and oxygen atoms in total. The Kier molecular flexibility index (Phi) is 6.50. The number of benzene rings is 1. The van der Waals surface area contributed by atoms with Crippen molar-refractivity contribution < 1.29 is 14.3 Å². The highest BCUT2D eigenvalue weighted by Crippen LogP contribution is 2.33. The Bertz CT molecular complexity index is 916. The number of carbonyl (C=O) groups is 2. The van der Waals surface area contributed by atoms with E-state index in [2.05, 4.69) is 22.3 Å². The molecule has 1 N–H and O–H groups in total. The normalized spacial score (nSPS) is 17.2. The fraction of sp³-hybridized carbons (Fsp3) is 0.391. The lowest BCUT2D eigenvalue weighted by Crippen LogP contribution is -2.33. The van der Waals surface area contributed by atoms with Crippen LogP contribution in [0.25, 0.3) is 5.57 Å². The van der Waals surface area contributed by atoms with E-state index < -0.39 is 0 Å². The van der Waals surface area contributed by atoms with Crippen LogP contribution in [0.3, 0.4) is 0 Å². The van der Waals surface area contributed by atoms with Gasteiger partial charge in [-0.3, -0.25) is 14.5 Å². The Labute approximate surface area is 181 Å². The largest absolute Gasteiger partial charge is 0.385 e. The number of rotatable bonds is 8. The quantitative estimate of drug-likeness (QED) is 0.512. The molecule has 0 spiro atoms. The van der Waals surface area contributed by atoms with Crippen LogP contribution in [0.15, 0.2) is 47.5 Å². The monoisotopic (exact) mass is 425 g/mol. The van der Waals surface area contributed by atoms with Crippen LogP contribution in [0.5, 0.6) is 0 Å². The first-order valence-corrected chi connectivity index (χ1v) is 11.3. The Morgan fingerprint density at radius 2 is 1.80 bits per heavy atom. The lowest BCUT2D eigenvalue weighted by atomic mass is 10.1. The molecule has 0 atom stereocenters. The highest BCUT2D eigenvalue weighted by atomic mass is 32.1. The van der Waals surface area contributed by atoms with Crippen molar-refractivity contribution in [2.24, 2.45) is 0 Å². The number of nitrogens with zero attached hydrogens (tertiary/aromatic N) is 2. The van der Waals surface area contributed by atoms with E-state index in [1.54, 1.807) is 7.11 Å². The van der Waals surface area contributed by atoms with Crippen molar-refractivity contribution >= 4 is 40.1 Å². The third kappa shape index (κ3) is 4.27. The minimum atomic E-state index is -0.278. The van der Waals surface area contributed by atoms with Gasteiger partial charge < -0.3 is 15.0 Å². The van der Waals surface area contributed by atoms with Gasteiger partial charge in [0, 0.05) is 49.6 Å². The number of carbonyl (C=O) groups excluding carboxylic acids is 2. The number of hydrogen-bond acceptors (Lipinski definition) is 6. The maximum absolute atomic E-state index is 13.1. The van der Waals surface area contributed by atoms with Crippen LogP contribution in [0, 0.1) is 0 Å². The summed E-state index contributed by atoms with van der Waals surface area (Å²) in [6.07, 6.45) is 4.37. The van der Waals surface area contributed by atoms with E-state index in [0.717, 1.165) is 23.7 Å². The molecule has 3 heterocycles. The highest BCUT2D eigenvalue weighted by molar-refractivity contribution is 7.11. The molecule has 2 amide bonds. The molecule has 0 saturated carbocycles. The SMILES string of the molecule is COCCCN1C(=O)C(Nc2ccc(N3CCCCC3)cc2)=C(c2cccs2)C1=O. The molecule has 2 aliphatic rings. The minimum absolute atomic E-state index is 0.244. The van der Waals surface area contributed by atoms with E-state index in [0.29, 0.717) is 30.8 Å². The number of imide groups is 1. The van der Waals surface area contributed by atoms with E-state index in [4.69, 9.17) is 4.74 Å². The van der Waals surface area contributed by atoms with E-state index in [-0.39, 0.29) is 11.8 Å². The van der Waals surface area contributed by atoms with Gasteiger partial charge in [0.2, 0.25) is 0 Å². The number of anilines is 2. The first kappa shape index (κ1) is 20.6. The van der Waals surface area contributed by atoms with Gasteiger partial charge in [-0.25, -0.2) is 0 Å². The molecule has 1 aromatic heterocycles. The molecule has 2 aliphatic heterocycles. The van der Waals surface area contributed by atoms with Crippen LogP contribution in [0.2, 0.25) is 0 Å². The summed E-state index contributed by atoms with van der Waals surface area (Å²) in [6, 6.07) is 11.9. The molecule has 30 heavy (non-hydrogen) atoms. The van der Waals surface area contributed by atoms with Gasteiger partial charge in [0.05, 0.1) is 5.57 Å². The predicted octanol–water partition coefficient (Wildman–Crippen LogP) is 3.97. The predicted molar refractivity (Wildman–Crippen MR) is 121 cm³/mol. The Morgan fingerprint density at radius 1 is 1.03 bits per heavy atom. The van der Waals surface area contributed by atoms with Crippen molar-refractivity contribution in [2.45, 2.75) is 25.7 Å². The number of ether oxygens (including phenoxy) is 1. The number of hydrogen-bond donors (Lipinski definition) is 1. The summed E-state index contributed by atoms with van der Waals surface area (Å²) in [5.41, 5.74) is 2.81. The van der Waals surface area contributed by atoms with Gasteiger partial charge in [-0.05, 0) is 61.4 Å². The zero-order chi connectivity index (χ0) is 20.9. The summed E-state index contributed by atoms with van der Waals surface area (Å²) in [7, 11) is 1.61. The second kappa shape index (κ2) is 9.45. The zero-order valence-corrected chi connectivity index (χ0v) is 18.0. The molecule has 4 rings (SSSR count). The molecule has 158 valence electrons. The van der Waals surface area contributed by atoms with Gasteiger partial charge in [0.25, 0.3) is 11.8 Å². The average Bonchev–Trinajstić information content (AvgIpc) is 3.38. The van der Waals surface area contributed by atoms with Crippen molar-refractivity contribution in [3.05, 3.63) is 52.4 Å². The van der Waals surface area contributed by atoms with Crippen LogP contribution < -0.4 is 10.2 Å². The molecular weight excluding hydrogens is 398 g/mol. The van der Waals surface area contributed by atoms with Crippen molar-refractivity contribution in [3.8, 4) is 0 Å². The molecule has 1 aromatic carbocycles. The Morgan fingerprint density at radius 3 is 2.47 bits per heavy atom. The van der Waals surface area contributed by atoms with Gasteiger partial charge in [-0.2, -0.15) is 0 Å². The molecule has 0 unspecified atom stereocenters. The lowest BCUT2D eigenvalue weighted by molar-refractivity contribution is -0.136. The molecule has 1 fully saturated rings. The van der Waals surface area contributed by atoms with E-state index >= 15 is 0 Å². The van der Waals surface area contributed by atoms with E-state index in [1.165, 1.54) is 41.2 Å². The standard InChI is InChI=1S/C23H27N3O3S/c1-29-15-6-14-26-22(27)20(19-7-5-16-30-19)21(23(26)28)24-17-8-10-18(11-9-17)25-12-3-2-4-13-25/h5,7-11,16,24H,2-4,6,12-15H2,1H3. The van der Waals surface area contributed by atoms with Crippen molar-refractivity contribution in [3.63, 3.8) is 0 Å². The molecule has 0 radical (unpaired) electrons. The summed E-state index contributed by atoms with van der Waals surface area (Å²) >= 11 is 1.46. The van der Waals surface area contributed by atoms with Gasteiger partial charge >= 0.3 is 0 Å². The molecule has 2 aromatic rings. The van der Waals surface area contributed by atoms with Crippen molar-refractivity contribution in [1.29, 1.82) is 0 Å². The third-order valence-electron chi connectivity index (χ3n) is 5.52. The van der Waals surface area contributed by atoms with Gasteiger partial charge in [-0.1, -0.05) is 6.07 Å². The van der Waals surface area contributed by atoms with Crippen molar-refractivity contribution in [2.75, 3.05) is 43.6 Å². The van der Waals surface area contributed by atoms with Gasteiger partial charge in [-0.15, -0.1) is 11.3 Å². The maximum atomic E-state index is 13.1. The second-order valence-electron chi connectivity index (χ2n) is 7.56. The smallest absolute Gasteiger partial charge is 0.278 e. The summed E-state index contributed by atoms with van der Waals surface area (Å²) in [5.74, 6) is -0.523.